The van der Waals surface area contributed by atoms with Crippen LogP contribution in [0.15, 0.2) is 30.3 Å². The predicted molar refractivity (Wildman–Crippen MR) is 83.4 cm³/mol. The van der Waals surface area contributed by atoms with Gasteiger partial charge in [0.1, 0.15) is 11.4 Å². The highest BCUT2D eigenvalue weighted by Crippen LogP contribution is 2.29. The van der Waals surface area contributed by atoms with Gasteiger partial charge in [-0.1, -0.05) is 23.7 Å². The molecule has 0 aliphatic rings. The number of pyridine rings is 1. The van der Waals surface area contributed by atoms with Crippen molar-refractivity contribution in [1.29, 1.82) is 0 Å². The number of hydrogen-bond acceptors (Lipinski definition) is 3. The minimum atomic E-state index is -0.488. The van der Waals surface area contributed by atoms with Gasteiger partial charge in [0.15, 0.2) is 12.1 Å². The second-order valence-corrected chi connectivity index (χ2v) is 6.19. The summed E-state index contributed by atoms with van der Waals surface area (Å²) in [5.41, 5.74) is 0.790. The molecule has 2 rings (SSSR count). The van der Waals surface area contributed by atoms with Gasteiger partial charge in [-0.3, -0.25) is 4.79 Å². The van der Waals surface area contributed by atoms with E-state index in [-0.39, 0.29) is 22.6 Å². The average molecular weight is 307 g/mol. The normalized spacial score (nSPS) is 11.3. The molecule has 3 nitrogen and oxygen atoms in total. The molecule has 0 atom stereocenters. The topological polar surface area (TPSA) is 42.0 Å². The number of anilines is 1. The Morgan fingerprint density at radius 3 is 2.38 bits per heavy atom. The average Bonchev–Trinajstić information content (AvgIpc) is 2.41. The molecule has 21 heavy (non-hydrogen) atoms. The number of carbonyl (C=O) groups is 1. The number of nitrogens with zero attached hydrogens (tertiary/aromatic N) is 1. The summed E-state index contributed by atoms with van der Waals surface area (Å²) in [4.78, 5) is 15.1. The molecule has 0 aliphatic carbocycles. The first kappa shape index (κ1) is 15.4. The van der Waals surface area contributed by atoms with E-state index in [0.29, 0.717) is 16.9 Å². The van der Waals surface area contributed by atoms with Crippen LogP contribution in [-0.2, 0) is 0 Å². The highest BCUT2D eigenvalue weighted by atomic mass is 35.5. The molecule has 0 amide bonds. The predicted octanol–water partition coefficient (Wildman–Crippen LogP) is 4.56. The van der Waals surface area contributed by atoms with Gasteiger partial charge in [-0.15, -0.1) is 0 Å². The number of aromatic nitrogens is 1. The number of halogens is 2. The molecule has 0 fully saturated rings. The van der Waals surface area contributed by atoms with Gasteiger partial charge in [0.2, 0.25) is 0 Å². The lowest BCUT2D eigenvalue weighted by atomic mass is 10.1. The van der Waals surface area contributed by atoms with E-state index >= 15 is 0 Å². The van der Waals surface area contributed by atoms with Gasteiger partial charge < -0.3 is 5.32 Å². The largest absolute Gasteiger partial charge is 0.378 e. The van der Waals surface area contributed by atoms with Crippen LogP contribution >= 0.6 is 11.6 Å². The lowest BCUT2D eigenvalue weighted by Crippen LogP contribution is -2.27. The van der Waals surface area contributed by atoms with Crippen LogP contribution in [0, 0.1) is 5.82 Å². The van der Waals surface area contributed by atoms with E-state index < -0.39 is 5.82 Å². The maximum atomic E-state index is 14.6. The number of aldehydes is 1. The quantitative estimate of drug-likeness (QED) is 0.845. The minimum absolute atomic E-state index is 0.128. The van der Waals surface area contributed by atoms with Gasteiger partial charge in [0, 0.05) is 16.1 Å². The molecule has 0 saturated carbocycles. The van der Waals surface area contributed by atoms with Crippen molar-refractivity contribution < 1.29 is 9.18 Å². The van der Waals surface area contributed by atoms with Crippen LogP contribution < -0.4 is 5.32 Å². The van der Waals surface area contributed by atoms with Gasteiger partial charge in [0.05, 0.1) is 5.69 Å². The van der Waals surface area contributed by atoms with E-state index in [1.165, 1.54) is 6.07 Å². The smallest absolute Gasteiger partial charge is 0.172 e. The van der Waals surface area contributed by atoms with Crippen molar-refractivity contribution in [1.82, 2.24) is 4.98 Å². The van der Waals surface area contributed by atoms with E-state index in [1.807, 2.05) is 20.8 Å². The lowest BCUT2D eigenvalue weighted by molar-refractivity contribution is 0.111. The minimum Gasteiger partial charge on any atom is -0.378 e. The van der Waals surface area contributed by atoms with Crippen molar-refractivity contribution in [3.8, 4) is 11.3 Å². The van der Waals surface area contributed by atoms with Gasteiger partial charge in [0.25, 0.3) is 0 Å². The Bertz CT molecular complexity index is 663. The van der Waals surface area contributed by atoms with Crippen molar-refractivity contribution in [2.75, 3.05) is 5.32 Å². The molecule has 0 aliphatic heterocycles. The van der Waals surface area contributed by atoms with E-state index in [2.05, 4.69) is 10.3 Å². The molecule has 1 aromatic heterocycles. The van der Waals surface area contributed by atoms with Crippen molar-refractivity contribution in [3.05, 3.63) is 46.9 Å². The first-order valence-electron chi connectivity index (χ1n) is 6.50. The van der Waals surface area contributed by atoms with Gasteiger partial charge in [-0.2, -0.15) is 0 Å². The Balaban J connectivity index is 2.57. The maximum Gasteiger partial charge on any atom is 0.172 e. The molecular formula is C16H16ClFN2O. The van der Waals surface area contributed by atoms with Crippen molar-refractivity contribution in [2.45, 2.75) is 26.3 Å². The van der Waals surface area contributed by atoms with Crippen LogP contribution in [-0.4, -0.2) is 16.8 Å². The zero-order valence-corrected chi connectivity index (χ0v) is 12.8. The molecule has 1 heterocycles. The molecule has 0 unspecified atom stereocenters. The van der Waals surface area contributed by atoms with Gasteiger partial charge in [-0.05, 0) is 39.0 Å². The van der Waals surface area contributed by atoms with E-state index in [4.69, 9.17) is 11.6 Å². The van der Waals surface area contributed by atoms with E-state index in [9.17, 15) is 9.18 Å². The van der Waals surface area contributed by atoms with Crippen molar-refractivity contribution >= 4 is 23.6 Å². The van der Waals surface area contributed by atoms with Gasteiger partial charge >= 0.3 is 0 Å². The number of nitrogens with one attached hydrogen (secondary N) is 1. The molecule has 0 bridgehead atoms. The summed E-state index contributed by atoms with van der Waals surface area (Å²) in [5, 5.41) is 3.60. The molecule has 5 heteroatoms. The Morgan fingerprint density at radius 1 is 1.24 bits per heavy atom. The molecule has 0 spiro atoms. The number of hydrogen-bond donors (Lipinski definition) is 1. The molecule has 110 valence electrons. The zero-order valence-electron chi connectivity index (χ0n) is 12.1. The summed E-state index contributed by atoms with van der Waals surface area (Å²) in [6.45, 7) is 5.74. The van der Waals surface area contributed by atoms with Crippen molar-refractivity contribution in [2.24, 2.45) is 0 Å². The summed E-state index contributed by atoms with van der Waals surface area (Å²) in [5.74, 6) is -0.488. The fourth-order valence-electron chi connectivity index (χ4n) is 1.90. The third-order valence-corrected chi connectivity index (χ3v) is 2.98. The van der Waals surface area contributed by atoms with Crippen LogP contribution in [0.5, 0.6) is 0 Å². The van der Waals surface area contributed by atoms with Crippen LogP contribution in [0.3, 0.4) is 0 Å². The lowest BCUT2D eigenvalue weighted by Gasteiger charge is -2.23. The Morgan fingerprint density at radius 2 is 1.86 bits per heavy atom. The number of benzene rings is 1. The van der Waals surface area contributed by atoms with Crippen LogP contribution in [0.2, 0.25) is 5.02 Å². The summed E-state index contributed by atoms with van der Waals surface area (Å²) < 4.78 is 14.6. The first-order chi connectivity index (χ1) is 9.80. The second kappa shape index (κ2) is 5.82. The molecule has 1 aromatic carbocycles. The highest BCUT2D eigenvalue weighted by Gasteiger charge is 2.18. The second-order valence-electron chi connectivity index (χ2n) is 5.76. The van der Waals surface area contributed by atoms with E-state index in [0.717, 1.165) is 0 Å². The zero-order chi connectivity index (χ0) is 15.6. The van der Waals surface area contributed by atoms with Crippen LogP contribution in [0.4, 0.5) is 10.1 Å². The number of rotatable bonds is 3. The third-order valence-electron chi connectivity index (χ3n) is 2.73. The summed E-state index contributed by atoms with van der Waals surface area (Å²) in [6.07, 6.45) is 0.604. The Hall–Kier alpha value is -1.94. The van der Waals surface area contributed by atoms with Crippen LogP contribution in [0.25, 0.3) is 11.3 Å². The summed E-state index contributed by atoms with van der Waals surface area (Å²) >= 11 is 5.83. The molecular weight excluding hydrogens is 291 g/mol. The fourth-order valence-corrected chi connectivity index (χ4v) is 2.03. The summed E-state index contributed by atoms with van der Waals surface area (Å²) in [7, 11) is 0. The first-order valence-corrected chi connectivity index (χ1v) is 6.88. The van der Waals surface area contributed by atoms with Crippen LogP contribution in [0.1, 0.15) is 31.3 Å². The SMILES string of the molecule is CC(C)(C)Nc1cc(C=O)nc(-c2ccc(Cl)cc2)c1F. The standard InChI is InChI=1S/C16H16ClFN2O/c1-16(2,3)20-13-8-12(9-21)19-15(14(13)18)10-4-6-11(17)7-5-10/h4-9H,1-3H3,(H,19,20). The molecule has 2 aromatic rings. The molecule has 0 saturated heterocycles. The monoisotopic (exact) mass is 306 g/mol. The fraction of sp³-hybridized carbons (Fsp3) is 0.250. The van der Waals surface area contributed by atoms with Crippen molar-refractivity contribution in [3.63, 3.8) is 0 Å². The number of carbonyl (C=O) groups excluding carboxylic acids is 1. The Kier molecular flexibility index (Phi) is 4.28. The summed E-state index contributed by atoms with van der Waals surface area (Å²) in [6, 6.07) is 8.06. The molecule has 0 radical (unpaired) electrons. The molecule has 1 N–H and O–H groups in total. The third kappa shape index (κ3) is 3.79. The van der Waals surface area contributed by atoms with Gasteiger partial charge in [-0.25, -0.2) is 9.37 Å². The maximum absolute atomic E-state index is 14.6. The highest BCUT2D eigenvalue weighted by molar-refractivity contribution is 6.30. The van der Waals surface area contributed by atoms with E-state index in [1.54, 1.807) is 24.3 Å². The Labute approximate surface area is 128 Å².